The molecule has 0 aliphatic carbocycles. The molecule has 0 aliphatic rings. The molecular weight excluding hydrogens is 416 g/mol. The van der Waals surface area contributed by atoms with Crippen molar-refractivity contribution in [3.8, 4) is 11.1 Å². The quantitative estimate of drug-likeness (QED) is 0.603. The Bertz CT molecular complexity index is 1220. The van der Waals surface area contributed by atoms with Gasteiger partial charge in [-0.1, -0.05) is 24.2 Å². The van der Waals surface area contributed by atoms with Crippen LogP contribution >= 0.6 is 0 Å². The number of sulfonamides is 1. The van der Waals surface area contributed by atoms with Crippen molar-refractivity contribution in [2.75, 3.05) is 10.0 Å². The lowest BCUT2D eigenvalue weighted by atomic mass is 10.0. The summed E-state index contributed by atoms with van der Waals surface area (Å²) < 4.78 is 60.2. The summed E-state index contributed by atoms with van der Waals surface area (Å²) in [6.07, 6.45) is 0.480. The average Bonchev–Trinajstić information content (AvgIpc) is 3.06. The number of aromatic nitrogens is 1. The van der Waals surface area contributed by atoms with Gasteiger partial charge in [0, 0.05) is 13.0 Å². The van der Waals surface area contributed by atoms with Crippen molar-refractivity contribution in [1.82, 2.24) is 5.16 Å². The third kappa shape index (κ3) is 4.33. The number of carbonyl (C=O) groups excluding carboxylic acids is 1. The molecule has 2 aromatic carbocycles. The lowest BCUT2D eigenvalue weighted by Crippen LogP contribution is -2.15. The van der Waals surface area contributed by atoms with E-state index in [-0.39, 0.29) is 22.4 Å². The Morgan fingerprint density at radius 1 is 1.17 bits per heavy atom. The minimum Gasteiger partial charge on any atom is -0.337 e. The maximum absolute atomic E-state index is 13.9. The minimum absolute atomic E-state index is 0.101. The smallest absolute Gasteiger partial charge is 0.262 e. The standard InChI is InChI=1S/C20H19F2N3O4S/c1-4-16-19(20(29-24-16)23-12(3)26)13-6-5-11(2)18(9-13)30(27,28)25-17-8-7-14(21)10-15(17)22/h5-10,25H,4H2,1-3H3,(H,23,26). The van der Waals surface area contributed by atoms with Gasteiger partial charge in [-0.3, -0.25) is 14.8 Å². The summed E-state index contributed by atoms with van der Waals surface area (Å²) in [5, 5.41) is 6.46. The van der Waals surface area contributed by atoms with E-state index in [4.69, 9.17) is 4.52 Å². The number of rotatable bonds is 6. The van der Waals surface area contributed by atoms with Crippen LogP contribution in [0.25, 0.3) is 11.1 Å². The summed E-state index contributed by atoms with van der Waals surface area (Å²) in [7, 11) is -4.20. The van der Waals surface area contributed by atoms with Gasteiger partial charge < -0.3 is 4.52 Å². The molecule has 1 amide bonds. The predicted molar refractivity (Wildman–Crippen MR) is 108 cm³/mol. The van der Waals surface area contributed by atoms with Gasteiger partial charge in [0.25, 0.3) is 10.0 Å². The Kier molecular flexibility index (Phi) is 5.88. The molecule has 1 heterocycles. The molecular formula is C20H19F2N3O4S. The monoisotopic (exact) mass is 435 g/mol. The Balaban J connectivity index is 2.08. The zero-order chi connectivity index (χ0) is 22.1. The van der Waals surface area contributed by atoms with Crippen molar-refractivity contribution in [2.45, 2.75) is 32.1 Å². The number of benzene rings is 2. The Labute approximate surface area is 172 Å². The molecule has 0 radical (unpaired) electrons. The van der Waals surface area contributed by atoms with Crippen LogP contribution in [-0.4, -0.2) is 19.5 Å². The van der Waals surface area contributed by atoms with Gasteiger partial charge in [0.15, 0.2) is 0 Å². The maximum atomic E-state index is 13.9. The number of nitrogens with one attached hydrogen (secondary N) is 2. The van der Waals surface area contributed by atoms with Gasteiger partial charge in [-0.25, -0.2) is 17.2 Å². The van der Waals surface area contributed by atoms with Crippen molar-refractivity contribution >= 4 is 27.5 Å². The van der Waals surface area contributed by atoms with Gasteiger partial charge in [-0.05, 0) is 42.7 Å². The summed E-state index contributed by atoms with van der Waals surface area (Å²) in [5.74, 6) is -2.13. The third-order valence-corrected chi connectivity index (χ3v) is 5.84. The van der Waals surface area contributed by atoms with Crippen LogP contribution in [0, 0.1) is 18.6 Å². The van der Waals surface area contributed by atoms with Gasteiger partial charge >= 0.3 is 0 Å². The molecule has 0 bridgehead atoms. The highest BCUT2D eigenvalue weighted by atomic mass is 32.2. The SMILES string of the molecule is CCc1noc(NC(C)=O)c1-c1ccc(C)c(S(=O)(=O)Nc2ccc(F)cc2F)c1. The molecule has 0 unspecified atom stereocenters. The van der Waals surface area contributed by atoms with Gasteiger partial charge in [0.1, 0.15) is 11.6 Å². The largest absolute Gasteiger partial charge is 0.337 e. The molecule has 2 N–H and O–H groups in total. The zero-order valence-electron chi connectivity index (χ0n) is 16.4. The molecule has 0 spiro atoms. The first-order valence-corrected chi connectivity index (χ1v) is 10.5. The molecule has 3 aromatic rings. The molecule has 0 saturated carbocycles. The summed E-state index contributed by atoms with van der Waals surface area (Å²) in [6.45, 7) is 4.73. The molecule has 158 valence electrons. The number of nitrogens with zero attached hydrogens (tertiary/aromatic N) is 1. The lowest BCUT2D eigenvalue weighted by molar-refractivity contribution is -0.114. The molecule has 30 heavy (non-hydrogen) atoms. The number of carbonyl (C=O) groups is 1. The van der Waals surface area contributed by atoms with Crippen molar-refractivity contribution in [1.29, 1.82) is 0 Å². The number of amides is 1. The van der Waals surface area contributed by atoms with E-state index in [2.05, 4.69) is 15.2 Å². The van der Waals surface area contributed by atoms with Crippen LogP contribution in [0.5, 0.6) is 0 Å². The molecule has 0 aliphatic heterocycles. The first kappa shape index (κ1) is 21.4. The van der Waals surface area contributed by atoms with E-state index in [1.807, 2.05) is 6.92 Å². The minimum atomic E-state index is -4.20. The molecule has 0 fully saturated rings. The fourth-order valence-electron chi connectivity index (χ4n) is 2.92. The number of hydrogen-bond donors (Lipinski definition) is 2. The Hall–Kier alpha value is -3.27. The molecule has 3 rings (SSSR count). The fourth-order valence-corrected chi connectivity index (χ4v) is 4.26. The average molecular weight is 435 g/mol. The van der Waals surface area contributed by atoms with Crippen LogP contribution in [0.2, 0.25) is 0 Å². The summed E-state index contributed by atoms with van der Waals surface area (Å²) in [6, 6.07) is 7.18. The topological polar surface area (TPSA) is 101 Å². The second-order valence-corrected chi connectivity index (χ2v) is 8.23. The van der Waals surface area contributed by atoms with Crippen LogP contribution in [0.4, 0.5) is 20.4 Å². The van der Waals surface area contributed by atoms with Crippen LogP contribution in [0.3, 0.4) is 0 Å². The van der Waals surface area contributed by atoms with E-state index >= 15 is 0 Å². The molecule has 7 nitrogen and oxygen atoms in total. The highest BCUT2D eigenvalue weighted by molar-refractivity contribution is 7.92. The van der Waals surface area contributed by atoms with Gasteiger partial charge in [-0.2, -0.15) is 0 Å². The number of hydrogen-bond acceptors (Lipinski definition) is 5. The van der Waals surface area contributed by atoms with Crippen molar-refractivity contribution in [3.63, 3.8) is 0 Å². The maximum Gasteiger partial charge on any atom is 0.262 e. The van der Waals surface area contributed by atoms with Crippen LogP contribution in [-0.2, 0) is 21.2 Å². The van der Waals surface area contributed by atoms with Crippen molar-refractivity contribution in [3.05, 3.63) is 59.3 Å². The second-order valence-electron chi connectivity index (χ2n) is 6.58. The van der Waals surface area contributed by atoms with Crippen LogP contribution in [0.15, 0.2) is 45.8 Å². The number of anilines is 2. The van der Waals surface area contributed by atoms with E-state index in [9.17, 15) is 22.0 Å². The predicted octanol–water partition coefficient (Wildman–Crippen LogP) is 4.25. The molecule has 10 heteroatoms. The summed E-state index contributed by atoms with van der Waals surface area (Å²) >= 11 is 0. The Morgan fingerprint density at radius 2 is 1.90 bits per heavy atom. The van der Waals surface area contributed by atoms with Crippen molar-refractivity contribution < 1.29 is 26.5 Å². The third-order valence-electron chi connectivity index (χ3n) is 4.33. The second kappa shape index (κ2) is 8.23. The van der Waals surface area contributed by atoms with Gasteiger partial charge in [0.2, 0.25) is 11.8 Å². The van der Waals surface area contributed by atoms with E-state index in [1.54, 1.807) is 19.1 Å². The Morgan fingerprint density at radius 3 is 2.53 bits per heavy atom. The van der Waals surface area contributed by atoms with E-state index in [1.165, 1.54) is 13.0 Å². The van der Waals surface area contributed by atoms with E-state index in [0.29, 0.717) is 34.9 Å². The first-order valence-electron chi connectivity index (χ1n) is 8.97. The zero-order valence-corrected chi connectivity index (χ0v) is 17.2. The van der Waals surface area contributed by atoms with E-state index < -0.39 is 21.7 Å². The highest BCUT2D eigenvalue weighted by Gasteiger charge is 2.23. The summed E-state index contributed by atoms with van der Waals surface area (Å²) in [5.41, 5.74) is 1.46. The van der Waals surface area contributed by atoms with Crippen LogP contribution in [0.1, 0.15) is 25.1 Å². The summed E-state index contributed by atoms with van der Waals surface area (Å²) in [4.78, 5) is 11.4. The fraction of sp³-hybridized carbons (Fsp3) is 0.200. The van der Waals surface area contributed by atoms with Crippen molar-refractivity contribution in [2.24, 2.45) is 0 Å². The van der Waals surface area contributed by atoms with Gasteiger partial charge in [0.05, 0.1) is 21.8 Å². The molecule has 0 atom stereocenters. The number of halogens is 2. The highest BCUT2D eigenvalue weighted by Crippen LogP contribution is 2.35. The lowest BCUT2D eigenvalue weighted by Gasteiger charge is -2.13. The number of aryl methyl sites for hydroxylation is 2. The van der Waals surface area contributed by atoms with Crippen LogP contribution < -0.4 is 10.0 Å². The first-order chi connectivity index (χ1) is 14.1. The van der Waals surface area contributed by atoms with Gasteiger partial charge in [-0.15, -0.1) is 0 Å². The molecule has 0 saturated heterocycles. The van der Waals surface area contributed by atoms with E-state index in [0.717, 1.165) is 12.1 Å². The molecule has 1 aromatic heterocycles. The normalized spacial score (nSPS) is 11.4.